The van der Waals surface area contributed by atoms with Crippen LogP contribution in [0.4, 0.5) is 0 Å². The van der Waals surface area contributed by atoms with Gasteiger partial charge in [-0.15, -0.1) is 0 Å². The Morgan fingerprint density at radius 2 is 1.95 bits per heavy atom. The predicted octanol–water partition coefficient (Wildman–Crippen LogP) is 3.36. The Hall–Kier alpha value is -2.12. The SMILES string of the molecule is Cc1ccc(S(=O)CCOc2ccccc2C#N)c(C)c1. The molecule has 1 unspecified atom stereocenters. The van der Waals surface area contributed by atoms with E-state index in [1.807, 2.05) is 38.1 Å². The topological polar surface area (TPSA) is 50.1 Å². The molecular weight excluding hydrogens is 282 g/mol. The molecule has 108 valence electrons. The number of para-hydroxylation sites is 1. The molecule has 0 bridgehead atoms. The van der Waals surface area contributed by atoms with Crippen molar-refractivity contribution in [3.8, 4) is 11.8 Å². The lowest BCUT2D eigenvalue weighted by molar-refractivity contribution is 0.341. The van der Waals surface area contributed by atoms with Crippen molar-refractivity contribution in [3.63, 3.8) is 0 Å². The van der Waals surface area contributed by atoms with Crippen molar-refractivity contribution < 1.29 is 8.95 Å². The molecule has 0 spiro atoms. The standard InChI is InChI=1S/C17H17NO2S/c1-13-7-8-17(14(2)11-13)21(19)10-9-20-16-6-4-3-5-15(16)12-18/h3-8,11H,9-10H2,1-2H3. The van der Waals surface area contributed by atoms with E-state index >= 15 is 0 Å². The van der Waals surface area contributed by atoms with Gasteiger partial charge in [0, 0.05) is 4.90 Å². The zero-order valence-electron chi connectivity index (χ0n) is 12.1. The van der Waals surface area contributed by atoms with Crippen LogP contribution in [0.2, 0.25) is 0 Å². The van der Waals surface area contributed by atoms with Crippen molar-refractivity contribution in [2.45, 2.75) is 18.7 Å². The van der Waals surface area contributed by atoms with Crippen molar-refractivity contribution in [2.75, 3.05) is 12.4 Å². The van der Waals surface area contributed by atoms with Crippen LogP contribution in [0.15, 0.2) is 47.4 Å². The molecule has 1 atom stereocenters. The van der Waals surface area contributed by atoms with E-state index in [-0.39, 0.29) is 0 Å². The molecule has 0 aromatic heterocycles. The van der Waals surface area contributed by atoms with Crippen LogP contribution in [0.1, 0.15) is 16.7 Å². The highest BCUT2D eigenvalue weighted by Crippen LogP contribution is 2.18. The van der Waals surface area contributed by atoms with Crippen molar-refractivity contribution in [1.29, 1.82) is 5.26 Å². The van der Waals surface area contributed by atoms with Crippen LogP contribution >= 0.6 is 0 Å². The number of hydrogen-bond donors (Lipinski definition) is 0. The van der Waals surface area contributed by atoms with Gasteiger partial charge in [0.2, 0.25) is 0 Å². The average molecular weight is 299 g/mol. The molecule has 0 saturated heterocycles. The first-order chi connectivity index (χ1) is 10.1. The summed E-state index contributed by atoms with van der Waals surface area (Å²) in [4.78, 5) is 0.845. The largest absolute Gasteiger partial charge is 0.491 e. The summed E-state index contributed by atoms with van der Waals surface area (Å²) in [7, 11) is -1.09. The average Bonchev–Trinajstić information content (AvgIpc) is 2.47. The first-order valence-electron chi connectivity index (χ1n) is 6.69. The van der Waals surface area contributed by atoms with Crippen LogP contribution in [0, 0.1) is 25.2 Å². The monoisotopic (exact) mass is 299 g/mol. The second kappa shape index (κ2) is 7.05. The minimum absolute atomic E-state index is 0.318. The van der Waals surface area contributed by atoms with Crippen molar-refractivity contribution >= 4 is 10.8 Å². The lowest BCUT2D eigenvalue weighted by atomic mass is 10.2. The van der Waals surface area contributed by atoms with E-state index in [0.717, 1.165) is 16.0 Å². The van der Waals surface area contributed by atoms with E-state index in [4.69, 9.17) is 10.00 Å². The molecule has 0 aliphatic heterocycles. The van der Waals surface area contributed by atoms with E-state index in [0.29, 0.717) is 23.7 Å². The van der Waals surface area contributed by atoms with Gasteiger partial charge in [-0.05, 0) is 37.6 Å². The van der Waals surface area contributed by atoms with Crippen LogP contribution in [0.3, 0.4) is 0 Å². The highest BCUT2D eigenvalue weighted by Gasteiger charge is 2.08. The Kier molecular flexibility index (Phi) is 5.13. The van der Waals surface area contributed by atoms with Crippen LogP contribution in [0.5, 0.6) is 5.75 Å². The molecule has 3 nitrogen and oxygen atoms in total. The lowest BCUT2D eigenvalue weighted by Gasteiger charge is -2.09. The summed E-state index contributed by atoms with van der Waals surface area (Å²) in [5, 5.41) is 8.98. The Balaban J connectivity index is 1.97. The number of ether oxygens (including phenoxy) is 1. The van der Waals surface area contributed by atoms with Crippen molar-refractivity contribution in [3.05, 3.63) is 59.2 Å². The highest BCUT2D eigenvalue weighted by atomic mass is 32.2. The maximum Gasteiger partial charge on any atom is 0.137 e. The molecule has 0 amide bonds. The Labute approximate surface area is 127 Å². The molecule has 0 fully saturated rings. The first kappa shape index (κ1) is 15.3. The number of hydrogen-bond acceptors (Lipinski definition) is 3. The van der Waals surface area contributed by atoms with Gasteiger partial charge in [0.15, 0.2) is 0 Å². The third kappa shape index (κ3) is 3.93. The van der Waals surface area contributed by atoms with Crippen LogP contribution < -0.4 is 4.74 Å². The van der Waals surface area contributed by atoms with E-state index in [2.05, 4.69) is 6.07 Å². The van der Waals surface area contributed by atoms with Crippen molar-refractivity contribution in [2.24, 2.45) is 0 Å². The fourth-order valence-electron chi connectivity index (χ4n) is 2.08. The third-order valence-corrected chi connectivity index (χ3v) is 4.60. The molecular formula is C17H17NO2S. The van der Waals surface area contributed by atoms with E-state index in [1.165, 1.54) is 0 Å². The molecule has 0 heterocycles. The molecule has 0 aliphatic carbocycles. The number of benzene rings is 2. The summed E-state index contributed by atoms with van der Waals surface area (Å²) in [6.45, 7) is 4.30. The smallest absolute Gasteiger partial charge is 0.137 e. The summed E-state index contributed by atoms with van der Waals surface area (Å²) in [6.07, 6.45) is 0. The van der Waals surface area contributed by atoms with E-state index < -0.39 is 10.8 Å². The van der Waals surface area contributed by atoms with E-state index in [9.17, 15) is 4.21 Å². The Morgan fingerprint density at radius 1 is 1.19 bits per heavy atom. The zero-order valence-corrected chi connectivity index (χ0v) is 12.9. The lowest BCUT2D eigenvalue weighted by Crippen LogP contribution is -2.10. The number of rotatable bonds is 5. The van der Waals surface area contributed by atoms with Crippen LogP contribution in [-0.2, 0) is 10.8 Å². The molecule has 4 heteroatoms. The number of nitrogens with zero attached hydrogens (tertiary/aromatic N) is 1. The molecule has 2 aromatic rings. The Bertz CT molecular complexity index is 704. The number of nitriles is 1. The molecule has 0 radical (unpaired) electrons. The molecule has 0 N–H and O–H groups in total. The van der Waals surface area contributed by atoms with Gasteiger partial charge in [-0.25, -0.2) is 0 Å². The summed E-state index contributed by atoms with van der Waals surface area (Å²) < 4.78 is 17.9. The van der Waals surface area contributed by atoms with Gasteiger partial charge in [0.05, 0.1) is 22.1 Å². The third-order valence-electron chi connectivity index (χ3n) is 3.11. The zero-order chi connectivity index (χ0) is 15.2. The summed E-state index contributed by atoms with van der Waals surface area (Å²) in [5.41, 5.74) is 2.69. The maximum atomic E-state index is 12.3. The fraction of sp³-hybridized carbons (Fsp3) is 0.235. The van der Waals surface area contributed by atoms with Gasteiger partial charge in [-0.2, -0.15) is 5.26 Å². The molecule has 21 heavy (non-hydrogen) atoms. The Morgan fingerprint density at radius 3 is 2.67 bits per heavy atom. The molecule has 2 rings (SSSR count). The minimum Gasteiger partial charge on any atom is -0.491 e. The van der Waals surface area contributed by atoms with Gasteiger partial charge < -0.3 is 4.74 Å². The fourth-order valence-corrected chi connectivity index (χ4v) is 3.17. The quantitative estimate of drug-likeness (QED) is 0.850. The summed E-state index contributed by atoms with van der Waals surface area (Å²) in [5.74, 6) is 0.946. The number of aryl methyl sites for hydroxylation is 2. The molecule has 0 aliphatic rings. The van der Waals surface area contributed by atoms with Crippen LogP contribution in [0.25, 0.3) is 0 Å². The van der Waals surface area contributed by atoms with Crippen molar-refractivity contribution in [1.82, 2.24) is 0 Å². The summed E-state index contributed by atoms with van der Waals surface area (Å²) >= 11 is 0. The van der Waals surface area contributed by atoms with Gasteiger partial charge in [-0.3, -0.25) is 4.21 Å². The molecule has 0 saturated carbocycles. The van der Waals surface area contributed by atoms with E-state index in [1.54, 1.807) is 18.2 Å². The molecule has 2 aromatic carbocycles. The van der Waals surface area contributed by atoms with Gasteiger partial charge in [0.1, 0.15) is 18.4 Å². The van der Waals surface area contributed by atoms with Gasteiger partial charge in [-0.1, -0.05) is 29.8 Å². The second-order valence-corrected chi connectivity index (χ2v) is 6.31. The summed E-state index contributed by atoms with van der Waals surface area (Å²) in [6, 6.07) is 15.0. The normalized spacial score (nSPS) is 11.7. The minimum atomic E-state index is -1.09. The van der Waals surface area contributed by atoms with Crippen LogP contribution in [-0.4, -0.2) is 16.6 Å². The van der Waals surface area contributed by atoms with Gasteiger partial charge >= 0.3 is 0 Å². The second-order valence-electron chi connectivity index (χ2n) is 4.78. The predicted molar refractivity (Wildman–Crippen MR) is 83.8 cm³/mol. The first-order valence-corrected chi connectivity index (χ1v) is 8.01. The highest BCUT2D eigenvalue weighted by molar-refractivity contribution is 7.85. The van der Waals surface area contributed by atoms with Gasteiger partial charge in [0.25, 0.3) is 0 Å². The maximum absolute atomic E-state index is 12.3.